The van der Waals surface area contributed by atoms with E-state index in [1.807, 2.05) is 24.3 Å². The van der Waals surface area contributed by atoms with Gasteiger partial charge in [0.05, 0.1) is 29.3 Å². The summed E-state index contributed by atoms with van der Waals surface area (Å²) >= 11 is 0. The zero-order valence-electron chi connectivity index (χ0n) is 17.8. The second kappa shape index (κ2) is 8.57. The van der Waals surface area contributed by atoms with Gasteiger partial charge in [-0.05, 0) is 23.8 Å². The molecule has 168 valence electrons. The number of morpholine rings is 1. The van der Waals surface area contributed by atoms with Crippen molar-refractivity contribution in [2.75, 3.05) is 25.0 Å². The molecule has 9 nitrogen and oxygen atoms in total. The summed E-state index contributed by atoms with van der Waals surface area (Å²) in [5.74, 6) is -0.336. The number of benzene rings is 2. The maximum atomic E-state index is 14.7. The van der Waals surface area contributed by atoms with Crippen LogP contribution in [-0.2, 0) is 11.8 Å². The molecule has 2 aromatic carbocycles. The average molecular weight is 448 g/mol. The van der Waals surface area contributed by atoms with Crippen molar-refractivity contribution in [3.05, 3.63) is 76.4 Å². The van der Waals surface area contributed by atoms with Gasteiger partial charge in [0, 0.05) is 55.1 Å². The summed E-state index contributed by atoms with van der Waals surface area (Å²) in [6, 6.07) is 12.2. The van der Waals surface area contributed by atoms with E-state index in [4.69, 9.17) is 4.74 Å². The summed E-state index contributed by atoms with van der Waals surface area (Å²) in [6.07, 6.45) is 2.84. The second-order valence-corrected chi connectivity index (χ2v) is 7.81. The zero-order chi connectivity index (χ0) is 22.9. The van der Waals surface area contributed by atoms with Crippen LogP contribution in [0.3, 0.4) is 0 Å². The Morgan fingerprint density at radius 2 is 2.09 bits per heavy atom. The van der Waals surface area contributed by atoms with Crippen LogP contribution in [0, 0.1) is 15.9 Å². The Labute approximate surface area is 188 Å². The number of hydrogen-bond acceptors (Lipinski definition) is 7. The summed E-state index contributed by atoms with van der Waals surface area (Å²) in [5, 5.41) is 18.2. The molecule has 10 heteroatoms. The number of rotatable bonds is 5. The van der Waals surface area contributed by atoms with Crippen LogP contribution < -0.4 is 10.6 Å². The molecule has 0 aliphatic carbocycles. The van der Waals surface area contributed by atoms with E-state index in [1.165, 1.54) is 12.1 Å². The van der Waals surface area contributed by atoms with E-state index in [1.54, 1.807) is 23.9 Å². The molecule has 0 amide bonds. The van der Waals surface area contributed by atoms with Crippen LogP contribution >= 0.6 is 0 Å². The fourth-order valence-corrected chi connectivity index (χ4v) is 3.98. The highest BCUT2D eigenvalue weighted by Gasteiger charge is 2.18. The lowest BCUT2D eigenvalue weighted by Crippen LogP contribution is -2.33. The molecule has 33 heavy (non-hydrogen) atoms. The first-order valence-corrected chi connectivity index (χ1v) is 10.5. The third-order valence-electron chi connectivity index (χ3n) is 5.65. The molecule has 2 aromatic heterocycles. The van der Waals surface area contributed by atoms with E-state index in [2.05, 4.69) is 20.6 Å². The minimum atomic E-state index is -0.580. The average Bonchev–Trinajstić information content (AvgIpc) is 3.17. The number of nitrogens with one attached hydrogen (secondary N) is 2. The highest BCUT2D eigenvalue weighted by molar-refractivity contribution is 5.96. The molecule has 0 radical (unpaired) electrons. The third kappa shape index (κ3) is 4.13. The van der Waals surface area contributed by atoms with Crippen molar-refractivity contribution < 1.29 is 14.1 Å². The van der Waals surface area contributed by atoms with Gasteiger partial charge in [-0.1, -0.05) is 12.1 Å². The molecule has 4 aromatic rings. The molecular weight excluding hydrogens is 427 g/mol. The molecule has 1 saturated heterocycles. The first kappa shape index (κ1) is 21.0. The van der Waals surface area contributed by atoms with Crippen molar-refractivity contribution in [3.8, 4) is 11.3 Å². The molecule has 5 rings (SSSR count). The summed E-state index contributed by atoms with van der Waals surface area (Å²) in [4.78, 5) is 19.1. The van der Waals surface area contributed by atoms with E-state index >= 15 is 0 Å². The number of ether oxygens (including phenoxy) is 1. The number of hydrogen-bond donors (Lipinski definition) is 2. The van der Waals surface area contributed by atoms with Crippen LogP contribution in [0.2, 0.25) is 0 Å². The zero-order valence-corrected chi connectivity index (χ0v) is 17.8. The molecule has 2 N–H and O–H groups in total. The second-order valence-electron chi connectivity index (χ2n) is 7.81. The van der Waals surface area contributed by atoms with Gasteiger partial charge in [0.15, 0.2) is 5.82 Å². The lowest BCUT2D eigenvalue weighted by molar-refractivity contribution is -0.384. The van der Waals surface area contributed by atoms with Gasteiger partial charge in [0.1, 0.15) is 5.69 Å². The topological polar surface area (TPSA) is 107 Å². The molecule has 0 bridgehead atoms. The smallest absolute Gasteiger partial charge is 0.271 e. The van der Waals surface area contributed by atoms with Crippen LogP contribution in [0.15, 0.2) is 54.9 Å². The highest BCUT2D eigenvalue weighted by atomic mass is 19.1. The van der Waals surface area contributed by atoms with Gasteiger partial charge >= 0.3 is 0 Å². The van der Waals surface area contributed by atoms with Gasteiger partial charge in [-0.3, -0.25) is 10.1 Å². The van der Waals surface area contributed by atoms with E-state index in [-0.39, 0.29) is 23.4 Å². The summed E-state index contributed by atoms with van der Waals surface area (Å²) in [7, 11) is 1.75. The summed E-state index contributed by atoms with van der Waals surface area (Å²) in [6.45, 7) is 2.30. The lowest BCUT2D eigenvalue weighted by atomic mass is 10.1. The molecule has 1 fully saturated rings. The SMILES string of the molecule is Cn1cc(-c2nc(Nc3ccc(C4CNCCO4)cc3)ncc2F)c2ccc([N+](=O)[O-])cc21. The summed E-state index contributed by atoms with van der Waals surface area (Å²) in [5.41, 5.74) is 3.06. The van der Waals surface area contributed by atoms with Crippen molar-refractivity contribution in [3.63, 3.8) is 0 Å². The van der Waals surface area contributed by atoms with Gasteiger partial charge in [-0.2, -0.15) is 0 Å². The number of non-ortho nitro benzene ring substituents is 1. The maximum absolute atomic E-state index is 14.7. The van der Waals surface area contributed by atoms with Crippen LogP contribution in [-0.4, -0.2) is 39.2 Å². The predicted molar refractivity (Wildman–Crippen MR) is 122 cm³/mol. The highest BCUT2D eigenvalue weighted by Crippen LogP contribution is 2.33. The predicted octanol–water partition coefficient (Wildman–Crippen LogP) is 4.09. The van der Waals surface area contributed by atoms with E-state index in [9.17, 15) is 14.5 Å². The molecule has 1 aliphatic rings. The fourth-order valence-electron chi connectivity index (χ4n) is 3.98. The quantitative estimate of drug-likeness (QED) is 0.350. The number of halogens is 1. The van der Waals surface area contributed by atoms with Gasteiger partial charge < -0.3 is 19.9 Å². The van der Waals surface area contributed by atoms with Crippen molar-refractivity contribution in [1.82, 2.24) is 19.9 Å². The molecule has 1 aliphatic heterocycles. The molecular formula is C23H21FN6O3. The number of nitrogens with zero attached hydrogens (tertiary/aromatic N) is 4. The van der Waals surface area contributed by atoms with Crippen molar-refractivity contribution in [2.24, 2.45) is 7.05 Å². The number of nitro groups is 1. The van der Waals surface area contributed by atoms with Crippen molar-refractivity contribution in [1.29, 1.82) is 0 Å². The largest absolute Gasteiger partial charge is 0.371 e. The molecule has 0 saturated carbocycles. The number of anilines is 2. The minimum absolute atomic E-state index is 0.0173. The monoisotopic (exact) mass is 448 g/mol. The third-order valence-corrected chi connectivity index (χ3v) is 5.65. The standard InChI is InChI=1S/C23H21FN6O3/c1-29-13-18(17-7-6-16(30(31)32)10-20(17)29)22-19(24)11-26-23(28-22)27-15-4-2-14(3-5-15)21-12-25-8-9-33-21/h2-7,10-11,13,21,25H,8-9,12H2,1H3,(H,26,27,28). The molecule has 1 atom stereocenters. The lowest BCUT2D eigenvalue weighted by Gasteiger charge is -2.24. The first-order valence-electron chi connectivity index (χ1n) is 10.5. The van der Waals surface area contributed by atoms with Crippen molar-refractivity contribution in [2.45, 2.75) is 6.10 Å². The van der Waals surface area contributed by atoms with Gasteiger partial charge in [-0.25, -0.2) is 14.4 Å². The number of aromatic nitrogens is 3. The van der Waals surface area contributed by atoms with Gasteiger partial charge in [-0.15, -0.1) is 0 Å². The number of fused-ring (bicyclic) bond motifs is 1. The first-order chi connectivity index (χ1) is 16.0. The van der Waals surface area contributed by atoms with Crippen LogP contribution in [0.4, 0.5) is 21.7 Å². The minimum Gasteiger partial charge on any atom is -0.371 e. The maximum Gasteiger partial charge on any atom is 0.271 e. The van der Waals surface area contributed by atoms with Crippen LogP contribution in [0.5, 0.6) is 0 Å². The Morgan fingerprint density at radius 1 is 1.27 bits per heavy atom. The Morgan fingerprint density at radius 3 is 2.82 bits per heavy atom. The Hall–Kier alpha value is -3.89. The fraction of sp³-hybridized carbons (Fsp3) is 0.217. The molecule has 1 unspecified atom stereocenters. The van der Waals surface area contributed by atoms with Crippen LogP contribution in [0.1, 0.15) is 11.7 Å². The van der Waals surface area contributed by atoms with E-state index in [0.717, 1.165) is 30.5 Å². The normalized spacial score (nSPS) is 16.1. The number of aryl methyl sites for hydroxylation is 1. The van der Waals surface area contributed by atoms with E-state index < -0.39 is 10.7 Å². The summed E-state index contributed by atoms with van der Waals surface area (Å²) < 4.78 is 22.2. The number of nitro benzene ring substituents is 1. The molecule has 3 heterocycles. The van der Waals surface area contributed by atoms with Crippen molar-refractivity contribution >= 4 is 28.2 Å². The Balaban J connectivity index is 1.43. The Bertz CT molecular complexity index is 1330. The Kier molecular flexibility index (Phi) is 5.45. The van der Waals surface area contributed by atoms with E-state index in [0.29, 0.717) is 23.1 Å². The van der Waals surface area contributed by atoms with Crippen LogP contribution in [0.25, 0.3) is 22.2 Å². The van der Waals surface area contributed by atoms with Gasteiger partial charge in [0.25, 0.3) is 5.69 Å². The van der Waals surface area contributed by atoms with Gasteiger partial charge in [0.2, 0.25) is 5.95 Å². The molecule has 0 spiro atoms.